The van der Waals surface area contributed by atoms with Gasteiger partial charge in [-0.3, -0.25) is 4.90 Å². The molecule has 8 heteroatoms. The van der Waals surface area contributed by atoms with Crippen molar-refractivity contribution < 1.29 is 23.4 Å². The zero-order chi connectivity index (χ0) is 23.4. The average Bonchev–Trinajstić information content (AvgIpc) is 2.71. The Morgan fingerprint density at radius 2 is 1.91 bits per heavy atom. The third kappa shape index (κ3) is 6.97. The fraction of sp³-hybridized carbons (Fsp3) is 0.708. The summed E-state index contributed by atoms with van der Waals surface area (Å²) in [5, 5.41) is 3.27. The predicted molar refractivity (Wildman–Crippen MR) is 123 cm³/mol. The molecule has 32 heavy (non-hydrogen) atoms. The van der Waals surface area contributed by atoms with Crippen LogP contribution < -0.4 is 15.0 Å². The van der Waals surface area contributed by atoms with Crippen LogP contribution in [0, 0.1) is 11.2 Å². The van der Waals surface area contributed by atoms with Gasteiger partial charge in [0, 0.05) is 38.8 Å². The van der Waals surface area contributed by atoms with E-state index in [-0.39, 0.29) is 30.0 Å². The molecule has 2 heterocycles. The molecule has 0 saturated carbocycles. The first-order valence-corrected chi connectivity index (χ1v) is 11.5. The van der Waals surface area contributed by atoms with E-state index in [9.17, 15) is 9.18 Å². The number of morpholine rings is 1. The first kappa shape index (κ1) is 24.6. The number of halogens is 1. The number of hydrogen-bond donors (Lipinski definition) is 1. The molecule has 3 rings (SSSR count). The van der Waals surface area contributed by atoms with Gasteiger partial charge in [0.15, 0.2) is 0 Å². The lowest BCUT2D eigenvalue weighted by Gasteiger charge is -2.38. The number of nitrogens with zero attached hydrogens (tertiary/aromatic N) is 2. The van der Waals surface area contributed by atoms with Crippen molar-refractivity contribution >= 4 is 11.8 Å². The minimum Gasteiger partial charge on any atom is -0.491 e. The maximum absolute atomic E-state index is 14.7. The summed E-state index contributed by atoms with van der Waals surface area (Å²) >= 11 is 0. The van der Waals surface area contributed by atoms with Gasteiger partial charge in [0.2, 0.25) is 0 Å². The van der Waals surface area contributed by atoms with Crippen molar-refractivity contribution in [2.45, 2.75) is 52.7 Å². The molecular weight excluding hydrogens is 413 g/mol. The zero-order valence-corrected chi connectivity index (χ0v) is 20.1. The number of carbonyl (C=O) groups excluding carboxylic acids is 1. The second-order valence-electron chi connectivity index (χ2n) is 10.4. The van der Waals surface area contributed by atoms with Crippen LogP contribution in [0.2, 0.25) is 0 Å². The van der Waals surface area contributed by atoms with E-state index < -0.39 is 5.60 Å². The number of amides is 1. The maximum atomic E-state index is 14.7. The molecule has 2 aliphatic heterocycles. The Labute approximate surface area is 191 Å². The lowest BCUT2D eigenvalue weighted by atomic mass is 9.84. The molecule has 0 spiro atoms. The predicted octanol–water partition coefficient (Wildman–Crippen LogP) is 3.67. The lowest BCUT2D eigenvalue weighted by molar-refractivity contribution is -0.0541. The summed E-state index contributed by atoms with van der Waals surface area (Å²) in [4.78, 5) is 16.6. The van der Waals surface area contributed by atoms with E-state index in [4.69, 9.17) is 14.2 Å². The normalized spacial score (nSPS) is 20.2. The van der Waals surface area contributed by atoms with Crippen LogP contribution in [0.5, 0.6) is 5.75 Å². The molecule has 1 aromatic rings. The van der Waals surface area contributed by atoms with Crippen LogP contribution in [0.1, 0.15) is 41.0 Å². The van der Waals surface area contributed by atoms with Gasteiger partial charge in [0.25, 0.3) is 0 Å². The van der Waals surface area contributed by atoms with Gasteiger partial charge in [-0.15, -0.1) is 0 Å². The third-order valence-corrected chi connectivity index (χ3v) is 5.60. The topological polar surface area (TPSA) is 63.3 Å². The van der Waals surface area contributed by atoms with Gasteiger partial charge >= 0.3 is 6.09 Å². The van der Waals surface area contributed by atoms with Crippen molar-refractivity contribution in [1.29, 1.82) is 0 Å². The Morgan fingerprint density at radius 1 is 1.19 bits per heavy atom. The van der Waals surface area contributed by atoms with Crippen molar-refractivity contribution in [2.75, 3.05) is 57.4 Å². The van der Waals surface area contributed by atoms with Gasteiger partial charge in [-0.2, -0.15) is 0 Å². The highest BCUT2D eigenvalue weighted by Gasteiger charge is 2.35. The number of piperazine rings is 1. The number of nitrogens with one attached hydrogen (secondary N) is 1. The van der Waals surface area contributed by atoms with E-state index in [1.54, 1.807) is 17.0 Å². The van der Waals surface area contributed by atoms with Crippen LogP contribution in [0.3, 0.4) is 0 Å². The summed E-state index contributed by atoms with van der Waals surface area (Å²) in [6.45, 7) is 15.0. The van der Waals surface area contributed by atoms with Crippen LogP contribution in [0.4, 0.5) is 14.9 Å². The molecule has 2 fully saturated rings. The van der Waals surface area contributed by atoms with Crippen molar-refractivity contribution in [3.8, 4) is 5.75 Å². The molecule has 180 valence electrons. The molecule has 1 atom stereocenters. The molecule has 1 amide bonds. The number of rotatable bonds is 6. The zero-order valence-electron chi connectivity index (χ0n) is 20.1. The molecule has 1 N–H and O–H groups in total. The van der Waals surface area contributed by atoms with Crippen molar-refractivity contribution in [3.05, 3.63) is 24.0 Å². The average molecular weight is 452 g/mol. The molecule has 1 unspecified atom stereocenters. The van der Waals surface area contributed by atoms with Gasteiger partial charge in [0.05, 0.1) is 24.9 Å². The van der Waals surface area contributed by atoms with Crippen molar-refractivity contribution in [2.24, 2.45) is 5.41 Å². The standard InChI is InChI=1S/C24H38FN3O4/c1-23(2,3)17-24(4,5)32-22(29)28-12-13-30-15-18(28)16-31-19-6-7-21(20(25)14-19)27-10-8-26-9-11-27/h6-7,14,18,26H,8-13,15-17H2,1-5H3. The number of anilines is 1. The Hall–Kier alpha value is -2.06. The largest absolute Gasteiger partial charge is 0.491 e. The number of hydrogen-bond acceptors (Lipinski definition) is 6. The molecule has 1 aromatic carbocycles. The molecule has 2 aliphatic rings. The fourth-order valence-corrected chi connectivity index (χ4v) is 4.57. The number of carbonyl (C=O) groups is 1. The smallest absolute Gasteiger partial charge is 0.410 e. The minimum absolute atomic E-state index is 0.0399. The first-order valence-electron chi connectivity index (χ1n) is 11.5. The molecule has 2 saturated heterocycles. The molecule has 0 aromatic heterocycles. The third-order valence-electron chi connectivity index (χ3n) is 5.60. The van der Waals surface area contributed by atoms with E-state index in [1.807, 2.05) is 18.7 Å². The Bertz CT molecular complexity index is 775. The quantitative estimate of drug-likeness (QED) is 0.712. The van der Waals surface area contributed by atoms with Gasteiger partial charge < -0.3 is 24.4 Å². The summed E-state index contributed by atoms with van der Waals surface area (Å²) in [6, 6.07) is 4.65. The van der Waals surface area contributed by atoms with Gasteiger partial charge in [-0.25, -0.2) is 9.18 Å². The van der Waals surface area contributed by atoms with Crippen LogP contribution in [-0.2, 0) is 9.47 Å². The molecule has 0 bridgehead atoms. The summed E-state index contributed by atoms with van der Waals surface area (Å²) in [5.74, 6) is 0.137. The SMILES string of the molecule is CC(C)(C)CC(C)(C)OC(=O)N1CCOCC1COc1ccc(N2CCNCC2)c(F)c1. The van der Waals surface area contributed by atoms with E-state index in [1.165, 1.54) is 6.07 Å². The van der Waals surface area contributed by atoms with E-state index >= 15 is 0 Å². The van der Waals surface area contributed by atoms with Crippen LogP contribution in [0.15, 0.2) is 18.2 Å². The monoisotopic (exact) mass is 451 g/mol. The lowest BCUT2D eigenvalue weighted by Crippen LogP contribution is -2.53. The summed E-state index contributed by atoms with van der Waals surface area (Å²) in [6.07, 6.45) is 0.382. The summed E-state index contributed by atoms with van der Waals surface area (Å²) < 4.78 is 31.9. The first-order chi connectivity index (χ1) is 15.0. The van der Waals surface area contributed by atoms with Crippen LogP contribution in [0.25, 0.3) is 0 Å². The molecule has 0 radical (unpaired) electrons. The van der Waals surface area contributed by atoms with Crippen LogP contribution >= 0.6 is 0 Å². The molecule has 0 aliphatic carbocycles. The van der Waals surface area contributed by atoms with Gasteiger partial charge in [-0.05, 0) is 37.8 Å². The van der Waals surface area contributed by atoms with Gasteiger partial charge in [0.1, 0.15) is 23.8 Å². The van der Waals surface area contributed by atoms with E-state index in [0.29, 0.717) is 31.2 Å². The summed E-state index contributed by atoms with van der Waals surface area (Å²) in [7, 11) is 0. The summed E-state index contributed by atoms with van der Waals surface area (Å²) in [5.41, 5.74) is 0.0476. The van der Waals surface area contributed by atoms with Crippen molar-refractivity contribution in [1.82, 2.24) is 10.2 Å². The van der Waals surface area contributed by atoms with Crippen molar-refractivity contribution in [3.63, 3.8) is 0 Å². The second-order valence-corrected chi connectivity index (χ2v) is 10.4. The molecule has 7 nitrogen and oxygen atoms in total. The Balaban J connectivity index is 1.59. The number of ether oxygens (including phenoxy) is 3. The van der Waals surface area contributed by atoms with Gasteiger partial charge in [-0.1, -0.05) is 20.8 Å². The Kier molecular flexibility index (Phi) is 7.88. The second kappa shape index (κ2) is 10.3. The van der Waals surface area contributed by atoms with E-state index in [2.05, 4.69) is 26.1 Å². The highest BCUT2D eigenvalue weighted by Crippen LogP contribution is 2.30. The minimum atomic E-state index is -0.581. The Morgan fingerprint density at radius 3 is 2.56 bits per heavy atom. The highest BCUT2D eigenvalue weighted by atomic mass is 19.1. The van der Waals surface area contributed by atoms with E-state index in [0.717, 1.165) is 32.6 Å². The fourth-order valence-electron chi connectivity index (χ4n) is 4.57. The number of benzene rings is 1. The highest BCUT2D eigenvalue weighted by molar-refractivity contribution is 5.68. The molecular formula is C24H38FN3O4. The van der Waals surface area contributed by atoms with Crippen LogP contribution in [-0.4, -0.2) is 75.2 Å². The maximum Gasteiger partial charge on any atom is 0.410 e.